The van der Waals surface area contributed by atoms with Gasteiger partial charge in [-0.05, 0) is 43.3 Å². The van der Waals surface area contributed by atoms with E-state index in [4.69, 9.17) is 9.84 Å². The maximum atomic E-state index is 12.6. The van der Waals surface area contributed by atoms with Gasteiger partial charge < -0.3 is 14.7 Å². The Morgan fingerprint density at radius 1 is 1.04 bits per heavy atom. The first-order valence-corrected chi connectivity index (χ1v) is 9.16. The number of oxime groups is 1. The quantitative estimate of drug-likeness (QED) is 0.238. The predicted molar refractivity (Wildman–Crippen MR) is 104 cm³/mol. The van der Waals surface area contributed by atoms with Crippen molar-refractivity contribution in [2.75, 3.05) is 13.2 Å². The Kier molecular flexibility index (Phi) is 7.91. The number of ether oxygens (including phenoxy) is 1. The van der Waals surface area contributed by atoms with Gasteiger partial charge in [0.1, 0.15) is 12.3 Å². The second-order valence-electron chi connectivity index (χ2n) is 5.57. The monoisotopic (exact) mass is 401 g/mol. The maximum Gasteiger partial charge on any atom is 0.338 e. The fourth-order valence-electron chi connectivity index (χ4n) is 2.12. The summed E-state index contributed by atoms with van der Waals surface area (Å²) < 4.78 is 4.86. The summed E-state index contributed by atoms with van der Waals surface area (Å²) in [4.78, 5) is 41.3. The van der Waals surface area contributed by atoms with Gasteiger partial charge in [-0.15, -0.1) is 0 Å². The average molecular weight is 401 g/mol. The molecule has 2 rings (SSSR count). The van der Waals surface area contributed by atoms with Crippen molar-refractivity contribution in [3.05, 3.63) is 59.7 Å². The molecule has 2 aromatic rings. The Labute approximate surface area is 166 Å². The SMILES string of the molecule is CC(=O)O/N=C(\C)C(=O)c1ccccc1Sc1ccc(C(=O)OCCO)cc1. The van der Waals surface area contributed by atoms with Crippen LogP contribution in [0.5, 0.6) is 0 Å². The molecule has 0 bridgehead atoms. The third-order valence-corrected chi connectivity index (χ3v) is 4.50. The number of aliphatic hydroxyl groups excluding tert-OH is 1. The number of benzene rings is 2. The first kappa shape index (κ1) is 21.3. The molecule has 0 atom stereocenters. The Morgan fingerprint density at radius 2 is 1.71 bits per heavy atom. The standard InChI is InChI=1S/C20H19NO6S/c1-13(21-27-14(2)23)19(24)17-5-3-4-6-18(17)28-16-9-7-15(8-10-16)20(25)26-12-11-22/h3-10,22H,11-12H2,1-2H3/b21-13+. The number of carbonyl (C=O) groups excluding carboxylic acids is 3. The molecule has 0 aliphatic heterocycles. The molecule has 0 unspecified atom stereocenters. The number of carbonyl (C=O) groups is 3. The number of rotatable bonds is 8. The summed E-state index contributed by atoms with van der Waals surface area (Å²) in [5.41, 5.74) is 0.851. The number of hydrogen-bond acceptors (Lipinski definition) is 8. The molecule has 0 saturated heterocycles. The summed E-state index contributed by atoms with van der Waals surface area (Å²) in [6.45, 7) is 2.39. The lowest BCUT2D eigenvalue weighted by Crippen LogP contribution is -2.13. The molecule has 0 aliphatic rings. The van der Waals surface area contributed by atoms with Crippen molar-refractivity contribution in [2.45, 2.75) is 23.6 Å². The van der Waals surface area contributed by atoms with Crippen LogP contribution in [0.2, 0.25) is 0 Å². The molecule has 8 heteroatoms. The third kappa shape index (κ3) is 6.04. The minimum Gasteiger partial charge on any atom is -0.460 e. The highest BCUT2D eigenvalue weighted by Crippen LogP contribution is 2.31. The zero-order valence-corrected chi connectivity index (χ0v) is 16.2. The van der Waals surface area contributed by atoms with Crippen LogP contribution >= 0.6 is 11.8 Å². The number of ketones is 1. The van der Waals surface area contributed by atoms with Crippen LogP contribution in [0.15, 0.2) is 63.5 Å². The van der Waals surface area contributed by atoms with Gasteiger partial charge in [-0.3, -0.25) is 4.79 Å². The Bertz CT molecular complexity index is 892. The number of nitrogens with zero attached hydrogens (tertiary/aromatic N) is 1. The molecule has 0 aromatic heterocycles. The highest BCUT2D eigenvalue weighted by atomic mass is 32.2. The van der Waals surface area contributed by atoms with Crippen molar-refractivity contribution < 1.29 is 29.1 Å². The van der Waals surface area contributed by atoms with E-state index in [-0.39, 0.29) is 24.7 Å². The number of Topliss-reactive ketones (excluding diaryl/α,β-unsaturated/α-hetero) is 1. The van der Waals surface area contributed by atoms with Crippen molar-refractivity contribution in [1.82, 2.24) is 0 Å². The minimum absolute atomic E-state index is 0.0565. The van der Waals surface area contributed by atoms with Gasteiger partial charge in [-0.25, -0.2) is 9.59 Å². The Balaban J connectivity index is 2.17. The minimum atomic E-state index is -0.604. The molecular weight excluding hydrogens is 382 g/mol. The van der Waals surface area contributed by atoms with Crippen LogP contribution in [0.1, 0.15) is 34.6 Å². The smallest absolute Gasteiger partial charge is 0.338 e. The van der Waals surface area contributed by atoms with Gasteiger partial charge in [0.15, 0.2) is 0 Å². The van der Waals surface area contributed by atoms with Crippen LogP contribution in [-0.2, 0) is 14.4 Å². The van der Waals surface area contributed by atoms with Gasteiger partial charge in [0, 0.05) is 22.3 Å². The van der Waals surface area contributed by atoms with Crippen molar-refractivity contribution in [3.8, 4) is 0 Å². The molecule has 1 N–H and O–H groups in total. The van der Waals surface area contributed by atoms with Gasteiger partial charge in [0.25, 0.3) is 0 Å². The molecular formula is C20H19NO6S. The molecule has 0 fully saturated rings. The molecule has 0 heterocycles. The van der Waals surface area contributed by atoms with Gasteiger partial charge in [-0.1, -0.05) is 29.1 Å². The predicted octanol–water partition coefficient (Wildman–Crippen LogP) is 3.11. The lowest BCUT2D eigenvalue weighted by atomic mass is 10.1. The van der Waals surface area contributed by atoms with Gasteiger partial charge in [0.05, 0.1) is 12.2 Å². The van der Waals surface area contributed by atoms with Crippen molar-refractivity contribution in [3.63, 3.8) is 0 Å². The van der Waals surface area contributed by atoms with Gasteiger partial charge in [0.2, 0.25) is 5.78 Å². The first-order valence-electron chi connectivity index (χ1n) is 8.34. The zero-order valence-electron chi connectivity index (χ0n) is 15.4. The van der Waals surface area contributed by atoms with Crippen LogP contribution in [-0.4, -0.2) is 41.8 Å². The Hall–Kier alpha value is -2.97. The zero-order chi connectivity index (χ0) is 20.5. The van der Waals surface area contributed by atoms with Crippen LogP contribution in [0.3, 0.4) is 0 Å². The molecule has 2 aromatic carbocycles. The van der Waals surface area contributed by atoms with Gasteiger partial charge in [-0.2, -0.15) is 0 Å². The van der Waals surface area contributed by atoms with E-state index in [1.807, 2.05) is 0 Å². The molecule has 7 nitrogen and oxygen atoms in total. The highest BCUT2D eigenvalue weighted by Gasteiger charge is 2.16. The van der Waals surface area contributed by atoms with Crippen molar-refractivity contribution >= 4 is 35.2 Å². The summed E-state index contributed by atoms with van der Waals surface area (Å²) in [6.07, 6.45) is 0. The van der Waals surface area contributed by atoms with Crippen LogP contribution in [0.4, 0.5) is 0 Å². The normalized spacial score (nSPS) is 11.0. The summed E-state index contributed by atoms with van der Waals surface area (Å²) in [5.74, 6) is -1.47. The van der Waals surface area contributed by atoms with Crippen molar-refractivity contribution in [1.29, 1.82) is 0 Å². The largest absolute Gasteiger partial charge is 0.460 e. The molecule has 0 amide bonds. The third-order valence-electron chi connectivity index (χ3n) is 3.41. The molecule has 0 saturated carbocycles. The fraction of sp³-hybridized carbons (Fsp3) is 0.200. The molecule has 0 radical (unpaired) electrons. The van der Waals surface area contributed by atoms with E-state index < -0.39 is 11.9 Å². The lowest BCUT2D eigenvalue weighted by molar-refractivity contribution is -0.140. The van der Waals surface area contributed by atoms with E-state index in [1.54, 1.807) is 48.5 Å². The topological polar surface area (TPSA) is 102 Å². The molecule has 0 spiro atoms. The van der Waals surface area contributed by atoms with E-state index >= 15 is 0 Å². The summed E-state index contributed by atoms with van der Waals surface area (Å²) >= 11 is 1.35. The van der Waals surface area contributed by atoms with Crippen molar-refractivity contribution in [2.24, 2.45) is 5.16 Å². The van der Waals surface area contributed by atoms with Gasteiger partial charge >= 0.3 is 11.9 Å². The summed E-state index contributed by atoms with van der Waals surface area (Å²) in [6, 6.07) is 13.7. The second kappa shape index (κ2) is 10.4. The number of esters is 1. The van der Waals surface area contributed by atoms with Crippen LogP contribution < -0.4 is 0 Å². The van der Waals surface area contributed by atoms with E-state index in [2.05, 4.69) is 9.99 Å². The van der Waals surface area contributed by atoms with E-state index in [1.165, 1.54) is 25.6 Å². The van der Waals surface area contributed by atoms with E-state index in [9.17, 15) is 14.4 Å². The average Bonchev–Trinajstić information content (AvgIpc) is 2.70. The molecule has 146 valence electrons. The maximum absolute atomic E-state index is 12.6. The van der Waals surface area contributed by atoms with Crippen LogP contribution in [0, 0.1) is 0 Å². The van der Waals surface area contributed by atoms with E-state index in [0.29, 0.717) is 16.0 Å². The number of hydrogen-bond donors (Lipinski definition) is 1. The highest BCUT2D eigenvalue weighted by molar-refractivity contribution is 7.99. The Morgan fingerprint density at radius 3 is 2.36 bits per heavy atom. The number of aliphatic hydroxyl groups is 1. The summed E-state index contributed by atoms with van der Waals surface area (Å²) in [5, 5.41) is 12.2. The van der Waals surface area contributed by atoms with Crippen LogP contribution in [0.25, 0.3) is 0 Å². The molecule has 0 aliphatic carbocycles. The second-order valence-corrected chi connectivity index (χ2v) is 6.69. The van der Waals surface area contributed by atoms with E-state index in [0.717, 1.165) is 4.90 Å². The summed E-state index contributed by atoms with van der Waals surface area (Å²) in [7, 11) is 0. The first-order chi connectivity index (χ1) is 13.4. The lowest BCUT2D eigenvalue weighted by Gasteiger charge is -2.09. The fourth-order valence-corrected chi connectivity index (χ4v) is 3.06. The molecule has 28 heavy (non-hydrogen) atoms.